The predicted octanol–water partition coefficient (Wildman–Crippen LogP) is 1.11. The smallest absolute Gasteiger partial charge is 0.444 e. The monoisotopic (exact) mass is 277 g/mol. The van der Waals surface area contributed by atoms with Crippen molar-refractivity contribution in [3.8, 4) is 0 Å². The summed E-state index contributed by atoms with van der Waals surface area (Å²) in [6.07, 6.45) is -0.583. The van der Waals surface area contributed by atoms with Gasteiger partial charge >= 0.3 is 13.2 Å². The molecule has 2 fully saturated rings. The van der Waals surface area contributed by atoms with Gasteiger partial charge in [-0.25, -0.2) is 13.6 Å². The lowest BCUT2D eigenvalue weighted by atomic mass is 9.77. The number of amides is 1. The summed E-state index contributed by atoms with van der Waals surface area (Å²) < 4.78 is 32.5. The molecule has 108 valence electrons. The van der Waals surface area contributed by atoms with E-state index in [4.69, 9.17) is 14.8 Å². The van der Waals surface area contributed by atoms with Crippen LogP contribution in [0, 0.1) is 5.41 Å². The molecule has 0 radical (unpaired) electrons. The molecule has 1 heterocycles. The lowest BCUT2D eigenvalue weighted by molar-refractivity contribution is 0.0252. The number of carbonyl (C=O) groups excluding carboxylic acids is 1. The fourth-order valence-electron chi connectivity index (χ4n) is 2.85. The van der Waals surface area contributed by atoms with Crippen molar-refractivity contribution in [3.05, 3.63) is 0 Å². The van der Waals surface area contributed by atoms with Gasteiger partial charge in [0.15, 0.2) is 0 Å². The fraction of sp³-hybridized carbons (Fsp3) is 0.909. The van der Waals surface area contributed by atoms with Crippen LogP contribution in [-0.4, -0.2) is 52.8 Å². The number of ether oxygens (including phenoxy) is 1. The molecule has 2 unspecified atom stereocenters. The number of halogens is 2. The molecule has 1 aliphatic carbocycles. The second kappa shape index (κ2) is 4.05. The van der Waals surface area contributed by atoms with Gasteiger partial charge in [0.2, 0.25) is 0 Å². The first-order valence-corrected chi connectivity index (χ1v) is 6.23. The Bertz CT molecular complexity index is 399. The third-order valence-electron chi connectivity index (χ3n) is 3.82. The van der Waals surface area contributed by atoms with E-state index < -0.39 is 36.0 Å². The summed E-state index contributed by atoms with van der Waals surface area (Å²) in [4.78, 5) is 13.0. The molecule has 0 aromatic rings. The van der Waals surface area contributed by atoms with E-state index in [1.807, 2.05) is 0 Å². The number of hydrogen-bond acceptors (Lipinski definition) is 4. The number of rotatable bonds is 1. The maximum Gasteiger partial charge on any atom is 0.461 e. The molecular formula is C11H18BF2NO4. The lowest BCUT2D eigenvalue weighted by Gasteiger charge is -2.24. The molecule has 2 aliphatic rings. The molecule has 1 saturated heterocycles. The lowest BCUT2D eigenvalue weighted by Crippen LogP contribution is -2.36. The van der Waals surface area contributed by atoms with Crippen molar-refractivity contribution in [2.24, 2.45) is 5.41 Å². The second-order valence-corrected chi connectivity index (χ2v) is 6.32. The normalized spacial score (nSPS) is 32.6. The van der Waals surface area contributed by atoms with Crippen molar-refractivity contribution in [1.82, 2.24) is 4.90 Å². The Hall–Kier alpha value is -0.885. The van der Waals surface area contributed by atoms with Gasteiger partial charge in [-0.15, -0.1) is 0 Å². The first-order chi connectivity index (χ1) is 8.51. The summed E-state index contributed by atoms with van der Waals surface area (Å²) in [5, 5.41) is 18.0. The Morgan fingerprint density at radius 3 is 2.42 bits per heavy atom. The maximum absolute atomic E-state index is 13.7. The Morgan fingerprint density at radius 2 is 2.00 bits per heavy atom. The molecule has 2 N–H and O–H groups in total. The number of nitrogens with zero attached hydrogens (tertiary/aromatic N) is 1. The van der Waals surface area contributed by atoms with Gasteiger partial charge in [-0.2, -0.15) is 0 Å². The van der Waals surface area contributed by atoms with Crippen molar-refractivity contribution in [2.75, 3.05) is 13.1 Å². The van der Waals surface area contributed by atoms with Crippen LogP contribution in [-0.2, 0) is 4.74 Å². The topological polar surface area (TPSA) is 70.0 Å². The molecule has 19 heavy (non-hydrogen) atoms. The number of likely N-dealkylation sites (tertiary alicyclic amines) is 1. The molecule has 1 aliphatic heterocycles. The summed E-state index contributed by atoms with van der Waals surface area (Å²) in [5.41, 5.74) is -2.19. The minimum atomic E-state index is -3.14. The van der Waals surface area contributed by atoms with Crippen LogP contribution in [0.4, 0.5) is 13.6 Å². The maximum atomic E-state index is 13.7. The molecular weight excluding hydrogens is 259 g/mol. The van der Waals surface area contributed by atoms with Gasteiger partial charge in [0.1, 0.15) is 5.60 Å². The zero-order valence-electron chi connectivity index (χ0n) is 11.2. The quantitative estimate of drug-likeness (QED) is 0.704. The van der Waals surface area contributed by atoms with Gasteiger partial charge in [-0.3, -0.25) is 0 Å². The van der Waals surface area contributed by atoms with E-state index in [0.29, 0.717) is 0 Å². The van der Waals surface area contributed by atoms with Crippen LogP contribution < -0.4 is 0 Å². The molecule has 1 amide bonds. The number of alkyl halides is 2. The van der Waals surface area contributed by atoms with E-state index in [2.05, 4.69) is 0 Å². The van der Waals surface area contributed by atoms with E-state index in [-0.39, 0.29) is 19.5 Å². The average Bonchev–Trinajstić information content (AvgIpc) is 2.55. The van der Waals surface area contributed by atoms with Gasteiger partial charge in [-0.05, 0) is 27.2 Å². The highest BCUT2D eigenvalue weighted by Crippen LogP contribution is 2.74. The summed E-state index contributed by atoms with van der Waals surface area (Å²) in [6, 6.07) is 0. The van der Waals surface area contributed by atoms with Crippen molar-refractivity contribution in [1.29, 1.82) is 0 Å². The Labute approximate surface area is 110 Å². The van der Waals surface area contributed by atoms with Crippen LogP contribution in [0.5, 0.6) is 0 Å². The van der Waals surface area contributed by atoms with Gasteiger partial charge in [0, 0.05) is 13.1 Å². The number of hydrogen-bond donors (Lipinski definition) is 2. The van der Waals surface area contributed by atoms with Crippen LogP contribution >= 0.6 is 0 Å². The third-order valence-corrected chi connectivity index (χ3v) is 3.82. The standard InChI is InChI=1S/C11H18BF2NO4/c1-9(2,3)19-8(16)15-5-4-10(6-15)7(12(17)18)11(10,13)14/h7,17-18H,4-6H2,1-3H3. The highest BCUT2D eigenvalue weighted by atomic mass is 19.3. The zero-order chi connectivity index (χ0) is 14.6. The Balaban J connectivity index is 2.04. The second-order valence-electron chi connectivity index (χ2n) is 6.32. The molecule has 2 atom stereocenters. The van der Waals surface area contributed by atoms with E-state index in [9.17, 15) is 13.6 Å². The van der Waals surface area contributed by atoms with Crippen molar-refractivity contribution in [2.45, 2.75) is 44.5 Å². The molecule has 0 aromatic carbocycles. The van der Waals surface area contributed by atoms with E-state index >= 15 is 0 Å². The highest BCUT2D eigenvalue weighted by molar-refractivity contribution is 6.45. The van der Waals surface area contributed by atoms with Crippen LogP contribution in [0.25, 0.3) is 0 Å². The summed E-state index contributed by atoms with van der Waals surface area (Å²) in [5.74, 6) is -4.63. The zero-order valence-corrected chi connectivity index (χ0v) is 11.2. The predicted molar refractivity (Wildman–Crippen MR) is 63.7 cm³/mol. The Kier molecular flexibility index (Phi) is 3.10. The largest absolute Gasteiger partial charge is 0.461 e. The molecule has 5 nitrogen and oxygen atoms in total. The molecule has 0 bridgehead atoms. The van der Waals surface area contributed by atoms with E-state index in [1.165, 1.54) is 4.90 Å². The third kappa shape index (κ3) is 2.20. The Morgan fingerprint density at radius 1 is 1.42 bits per heavy atom. The van der Waals surface area contributed by atoms with E-state index in [1.54, 1.807) is 20.8 Å². The van der Waals surface area contributed by atoms with Gasteiger partial charge in [0.25, 0.3) is 5.92 Å². The first-order valence-electron chi connectivity index (χ1n) is 6.23. The van der Waals surface area contributed by atoms with Gasteiger partial charge < -0.3 is 19.7 Å². The van der Waals surface area contributed by atoms with Crippen LogP contribution in [0.1, 0.15) is 27.2 Å². The first kappa shape index (κ1) is 14.5. The number of carbonyl (C=O) groups is 1. The van der Waals surface area contributed by atoms with Crippen molar-refractivity contribution < 1.29 is 28.4 Å². The van der Waals surface area contributed by atoms with Crippen LogP contribution in [0.3, 0.4) is 0 Å². The molecule has 1 spiro atoms. The van der Waals surface area contributed by atoms with Crippen molar-refractivity contribution >= 4 is 13.2 Å². The van der Waals surface area contributed by atoms with Crippen LogP contribution in [0.15, 0.2) is 0 Å². The van der Waals surface area contributed by atoms with Crippen molar-refractivity contribution in [3.63, 3.8) is 0 Å². The fourth-order valence-corrected chi connectivity index (χ4v) is 2.85. The van der Waals surface area contributed by atoms with Gasteiger partial charge in [0.05, 0.1) is 11.2 Å². The molecule has 8 heteroatoms. The highest BCUT2D eigenvalue weighted by Gasteiger charge is 2.85. The van der Waals surface area contributed by atoms with Gasteiger partial charge in [-0.1, -0.05) is 0 Å². The summed E-state index contributed by atoms with van der Waals surface area (Å²) >= 11 is 0. The summed E-state index contributed by atoms with van der Waals surface area (Å²) in [7, 11) is -2.06. The van der Waals surface area contributed by atoms with E-state index in [0.717, 1.165) is 0 Å². The molecule has 2 rings (SSSR count). The van der Waals surface area contributed by atoms with Crippen LogP contribution in [0.2, 0.25) is 5.82 Å². The average molecular weight is 277 g/mol. The molecule has 1 saturated carbocycles. The summed E-state index contributed by atoms with van der Waals surface area (Å²) in [6.45, 7) is 5.04. The minimum absolute atomic E-state index is 0.0571. The SMILES string of the molecule is CC(C)(C)OC(=O)N1CCC2(C1)C(B(O)O)C2(F)F. The minimum Gasteiger partial charge on any atom is -0.444 e. The molecule has 0 aromatic heterocycles.